The lowest BCUT2D eigenvalue weighted by Gasteiger charge is -2.19. The van der Waals surface area contributed by atoms with Crippen LogP contribution in [-0.2, 0) is 6.42 Å². The highest BCUT2D eigenvalue weighted by molar-refractivity contribution is 9.11. The number of hydrogen-bond acceptors (Lipinski definition) is 1. The van der Waals surface area contributed by atoms with E-state index in [2.05, 4.69) is 93.5 Å². The van der Waals surface area contributed by atoms with Crippen LogP contribution in [0.15, 0.2) is 51.4 Å². The SMILES string of the molecule is CNC(c1cc(Br)cc(Br)c1)c1cccc(CC(C)C)c1. The van der Waals surface area contributed by atoms with E-state index in [-0.39, 0.29) is 6.04 Å². The molecule has 21 heavy (non-hydrogen) atoms. The Hall–Kier alpha value is -0.640. The Kier molecular flexibility index (Phi) is 6.03. The van der Waals surface area contributed by atoms with Gasteiger partial charge in [-0.05, 0) is 54.3 Å². The molecule has 0 heterocycles. The number of rotatable bonds is 5. The highest BCUT2D eigenvalue weighted by Gasteiger charge is 2.14. The van der Waals surface area contributed by atoms with E-state index in [0.717, 1.165) is 15.4 Å². The molecule has 0 amide bonds. The lowest BCUT2D eigenvalue weighted by Crippen LogP contribution is -2.18. The summed E-state index contributed by atoms with van der Waals surface area (Å²) in [6.45, 7) is 4.52. The molecule has 1 nitrogen and oxygen atoms in total. The van der Waals surface area contributed by atoms with Crippen molar-refractivity contribution < 1.29 is 0 Å². The monoisotopic (exact) mass is 409 g/mol. The molecule has 0 saturated heterocycles. The highest BCUT2D eigenvalue weighted by atomic mass is 79.9. The Morgan fingerprint density at radius 2 is 1.62 bits per heavy atom. The average Bonchev–Trinajstić information content (AvgIpc) is 2.38. The summed E-state index contributed by atoms with van der Waals surface area (Å²) in [5.74, 6) is 0.674. The van der Waals surface area contributed by atoms with E-state index >= 15 is 0 Å². The molecule has 0 aliphatic heterocycles. The predicted octanol–water partition coefficient (Wildman–Crippen LogP) is 5.72. The standard InChI is InChI=1S/C18H21Br2N/c1-12(2)7-13-5-4-6-14(8-13)18(21-3)15-9-16(19)11-17(20)10-15/h4-6,8-12,18,21H,7H2,1-3H3. The number of hydrogen-bond donors (Lipinski definition) is 1. The fourth-order valence-electron chi connectivity index (χ4n) is 2.64. The summed E-state index contributed by atoms with van der Waals surface area (Å²) in [7, 11) is 2.01. The van der Waals surface area contributed by atoms with E-state index < -0.39 is 0 Å². The molecule has 0 bridgehead atoms. The van der Waals surface area contributed by atoms with Crippen LogP contribution >= 0.6 is 31.9 Å². The zero-order chi connectivity index (χ0) is 15.4. The minimum absolute atomic E-state index is 0.200. The Labute approximate surface area is 144 Å². The highest BCUT2D eigenvalue weighted by Crippen LogP contribution is 2.28. The van der Waals surface area contributed by atoms with Gasteiger partial charge in [0.1, 0.15) is 0 Å². The molecule has 0 radical (unpaired) electrons. The van der Waals surface area contributed by atoms with E-state index in [1.807, 2.05) is 7.05 Å². The van der Waals surface area contributed by atoms with Gasteiger partial charge in [0.05, 0.1) is 6.04 Å². The maximum Gasteiger partial charge on any atom is 0.0575 e. The van der Waals surface area contributed by atoms with Gasteiger partial charge in [0.25, 0.3) is 0 Å². The van der Waals surface area contributed by atoms with Gasteiger partial charge < -0.3 is 5.32 Å². The minimum atomic E-state index is 0.200. The third-order valence-electron chi connectivity index (χ3n) is 3.44. The van der Waals surface area contributed by atoms with Crippen LogP contribution in [0, 0.1) is 5.92 Å². The number of benzene rings is 2. The van der Waals surface area contributed by atoms with Gasteiger partial charge in [-0.1, -0.05) is 70.0 Å². The lowest BCUT2D eigenvalue weighted by atomic mass is 9.95. The quantitative estimate of drug-likeness (QED) is 0.664. The second kappa shape index (κ2) is 7.57. The summed E-state index contributed by atoms with van der Waals surface area (Å²) in [5.41, 5.74) is 3.96. The molecule has 1 N–H and O–H groups in total. The molecule has 2 rings (SSSR count). The van der Waals surface area contributed by atoms with Gasteiger partial charge >= 0.3 is 0 Å². The predicted molar refractivity (Wildman–Crippen MR) is 97.7 cm³/mol. The van der Waals surface area contributed by atoms with Crippen molar-refractivity contribution in [1.82, 2.24) is 5.32 Å². The molecule has 0 aromatic heterocycles. The lowest BCUT2D eigenvalue weighted by molar-refractivity contribution is 0.643. The average molecular weight is 411 g/mol. The van der Waals surface area contributed by atoms with E-state index in [0.29, 0.717) is 5.92 Å². The molecule has 3 heteroatoms. The summed E-state index contributed by atoms with van der Waals surface area (Å²) < 4.78 is 2.18. The van der Waals surface area contributed by atoms with Gasteiger partial charge in [0.2, 0.25) is 0 Å². The molecule has 2 aromatic carbocycles. The van der Waals surface area contributed by atoms with Gasteiger partial charge in [0, 0.05) is 8.95 Å². The Morgan fingerprint density at radius 1 is 0.952 bits per heavy atom. The third kappa shape index (κ3) is 4.67. The maximum atomic E-state index is 3.57. The van der Waals surface area contributed by atoms with Crippen LogP contribution in [0.3, 0.4) is 0 Å². The van der Waals surface area contributed by atoms with Crippen molar-refractivity contribution in [3.63, 3.8) is 0 Å². The van der Waals surface area contributed by atoms with Crippen molar-refractivity contribution in [2.24, 2.45) is 5.92 Å². The third-order valence-corrected chi connectivity index (χ3v) is 4.35. The first kappa shape index (κ1) is 16.7. The largest absolute Gasteiger partial charge is 0.309 e. The molecule has 0 aliphatic rings. The van der Waals surface area contributed by atoms with Crippen LogP contribution in [-0.4, -0.2) is 7.05 Å². The van der Waals surface area contributed by atoms with Crippen molar-refractivity contribution in [1.29, 1.82) is 0 Å². The zero-order valence-electron chi connectivity index (χ0n) is 12.7. The topological polar surface area (TPSA) is 12.0 Å². The van der Waals surface area contributed by atoms with E-state index in [1.54, 1.807) is 0 Å². The summed E-state index contributed by atoms with van der Waals surface area (Å²) in [5, 5.41) is 3.43. The Bertz CT molecular complexity index is 588. The molecule has 1 unspecified atom stereocenters. The summed E-state index contributed by atoms with van der Waals surface area (Å²) in [4.78, 5) is 0. The summed E-state index contributed by atoms with van der Waals surface area (Å²) in [6, 6.07) is 15.5. The molecule has 0 spiro atoms. The van der Waals surface area contributed by atoms with Crippen LogP contribution in [0.2, 0.25) is 0 Å². The minimum Gasteiger partial charge on any atom is -0.309 e. The molecular weight excluding hydrogens is 390 g/mol. The maximum absolute atomic E-state index is 3.57. The molecule has 0 aliphatic carbocycles. The fraction of sp³-hybridized carbons (Fsp3) is 0.333. The fourth-order valence-corrected chi connectivity index (χ4v) is 3.97. The smallest absolute Gasteiger partial charge is 0.0575 e. The molecule has 0 fully saturated rings. The first-order valence-electron chi connectivity index (χ1n) is 7.21. The van der Waals surface area contributed by atoms with Gasteiger partial charge in [-0.25, -0.2) is 0 Å². The van der Waals surface area contributed by atoms with Crippen LogP contribution in [0.1, 0.15) is 36.6 Å². The molecule has 0 saturated carbocycles. The molecule has 2 aromatic rings. The van der Waals surface area contributed by atoms with Gasteiger partial charge in [-0.2, -0.15) is 0 Å². The summed E-state index contributed by atoms with van der Waals surface area (Å²) >= 11 is 7.14. The van der Waals surface area contributed by atoms with Crippen molar-refractivity contribution in [3.05, 3.63) is 68.1 Å². The van der Waals surface area contributed by atoms with Crippen molar-refractivity contribution in [3.8, 4) is 0 Å². The van der Waals surface area contributed by atoms with Gasteiger partial charge in [-0.15, -0.1) is 0 Å². The molecule has 112 valence electrons. The normalized spacial score (nSPS) is 12.7. The van der Waals surface area contributed by atoms with Crippen molar-refractivity contribution >= 4 is 31.9 Å². The molecular formula is C18H21Br2N. The zero-order valence-corrected chi connectivity index (χ0v) is 15.8. The first-order chi connectivity index (χ1) is 9.99. The second-order valence-electron chi connectivity index (χ2n) is 5.77. The van der Waals surface area contributed by atoms with E-state index in [4.69, 9.17) is 0 Å². The van der Waals surface area contributed by atoms with E-state index in [1.165, 1.54) is 16.7 Å². The van der Waals surface area contributed by atoms with Crippen LogP contribution in [0.5, 0.6) is 0 Å². The van der Waals surface area contributed by atoms with Crippen LogP contribution in [0.4, 0.5) is 0 Å². The van der Waals surface area contributed by atoms with Crippen LogP contribution < -0.4 is 5.32 Å². The first-order valence-corrected chi connectivity index (χ1v) is 8.80. The Morgan fingerprint density at radius 3 is 2.19 bits per heavy atom. The van der Waals surface area contributed by atoms with Crippen LogP contribution in [0.25, 0.3) is 0 Å². The van der Waals surface area contributed by atoms with Gasteiger partial charge in [0.15, 0.2) is 0 Å². The number of halogens is 2. The molecule has 1 atom stereocenters. The second-order valence-corrected chi connectivity index (χ2v) is 7.60. The van der Waals surface area contributed by atoms with Crippen molar-refractivity contribution in [2.45, 2.75) is 26.3 Å². The van der Waals surface area contributed by atoms with Gasteiger partial charge in [-0.3, -0.25) is 0 Å². The van der Waals surface area contributed by atoms with E-state index in [9.17, 15) is 0 Å². The Balaban J connectivity index is 2.36. The number of nitrogens with one attached hydrogen (secondary N) is 1. The summed E-state index contributed by atoms with van der Waals surface area (Å²) in [6.07, 6.45) is 1.12. The van der Waals surface area contributed by atoms with Crippen molar-refractivity contribution in [2.75, 3.05) is 7.05 Å².